The van der Waals surface area contributed by atoms with Crippen molar-refractivity contribution in [3.8, 4) is 0 Å². The van der Waals surface area contributed by atoms with Gasteiger partial charge >= 0.3 is 0 Å². The summed E-state index contributed by atoms with van der Waals surface area (Å²) < 4.78 is 3.74. The molecular formula is C9H15N3O2S. The fraction of sp³-hybridized carbons (Fsp3) is 0.667. The van der Waals surface area contributed by atoms with E-state index in [4.69, 9.17) is 5.11 Å². The van der Waals surface area contributed by atoms with E-state index in [1.165, 1.54) is 0 Å². The maximum absolute atomic E-state index is 11.8. The lowest BCUT2D eigenvalue weighted by Crippen LogP contribution is -2.46. The first-order valence-corrected chi connectivity index (χ1v) is 5.52. The second-order valence-corrected chi connectivity index (χ2v) is 4.65. The van der Waals surface area contributed by atoms with Gasteiger partial charge in [-0.2, -0.15) is 0 Å². The van der Waals surface area contributed by atoms with E-state index in [9.17, 15) is 4.79 Å². The number of carbonyl (C=O) groups is 1. The van der Waals surface area contributed by atoms with Gasteiger partial charge in [0.25, 0.3) is 5.91 Å². The Morgan fingerprint density at radius 1 is 1.60 bits per heavy atom. The Kier molecular flexibility index (Phi) is 3.76. The smallest absolute Gasteiger partial charge is 0.265 e. The average Bonchev–Trinajstić information content (AvgIpc) is 2.64. The molecule has 0 spiro atoms. The lowest BCUT2D eigenvalue weighted by molar-refractivity contribution is 0.0872. The SMILES string of the molecule is CCc1nnsc1C(=O)NC(C)(C)CO. The minimum Gasteiger partial charge on any atom is -0.394 e. The van der Waals surface area contributed by atoms with Crippen LogP contribution in [0.3, 0.4) is 0 Å². The van der Waals surface area contributed by atoms with Crippen molar-refractivity contribution in [3.63, 3.8) is 0 Å². The van der Waals surface area contributed by atoms with Crippen molar-refractivity contribution in [2.45, 2.75) is 32.7 Å². The molecule has 0 fully saturated rings. The predicted molar refractivity (Wildman–Crippen MR) is 57.9 cm³/mol. The van der Waals surface area contributed by atoms with Crippen LogP contribution in [0.1, 0.15) is 36.1 Å². The van der Waals surface area contributed by atoms with Crippen molar-refractivity contribution >= 4 is 17.4 Å². The third-order valence-electron chi connectivity index (χ3n) is 1.94. The number of carbonyl (C=O) groups excluding carboxylic acids is 1. The molecule has 0 aromatic carbocycles. The molecule has 0 aliphatic rings. The van der Waals surface area contributed by atoms with Gasteiger partial charge in [-0.15, -0.1) is 5.10 Å². The monoisotopic (exact) mass is 229 g/mol. The number of aromatic nitrogens is 2. The highest BCUT2D eigenvalue weighted by Crippen LogP contribution is 2.12. The summed E-state index contributed by atoms with van der Waals surface area (Å²) in [5.41, 5.74) is 0.0813. The van der Waals surface area contributed by atoms with Gasteiger partial charge in [-0.3, -0.25) is 4.79 Å². The number of nitrogens with one attached hydrogen (secondary N) is 1. The molecule has 0 saturated carbocycles. The van der Waals surface area contributed by atoms with Crippen LogP contribution in [0.15, 0.2) is 0 Å². The van der Waals surface area contributed by atoms with Crippen LogP contribution in [-0.2, 0) is 6.42 Å². The molecule has 1 heterocycles. The number of aryl methyl sites for hydroxylation is 1. The summed E-state index contributed by atoms with van der Waals surface area (Å²) in [6, 6.07) is 0. The van der Waals surface area contributed by atoms with Crippen molar-refractivity contribution < 1.29 is 9.90 Å². The Balaban J connectivity index is 2.78. The molecule has 0 radical (unpaired) electrons. The third kappa shape index (κ3) is 2.97. The highest BCUT2D eigenvalue weighted by Gasteiger charge is 2.23. The molecule has 84 valence electrons. The van der Waals surface area contributed by atoms with E-state index in [0.29, 0.717) is 17.0 Å². The van der Waals surface area contributed by atoms with Crippen molar-refractivity contribution in [2.75, 3.05) is 6.61 Å². The van der Waals surface area contributed by atoms with Gasteiger partial charge in [-0.25, -0.2) is 0 Å². The van der Waals surface area contributed by atoms with E-state index < -0.39 is 5.54 Å². The van der Waals surface area contributed by atoms with Crippen molar-refractivity contribution in [2.24, 2.45) is 0 Å². The molecule has 2 N–H and O–H groups in total. The summed E-state index contributed by atoms with van der Waals surface area (Å²) in [5.74, 6) is -0.221. The van der Waals surface area contributed by atoms with Crippen LogP contribution in [0.4, 0.5) is 0 Å². The maximum Gasteiger partial charge on any atom is 0.265 e. The highest BCUT2D eigenvalue weighted by atomic mass is 32.1. The van der Waals surface area contributed by atoms with Gasteiger partial charge in [0.2, 0.25) is 0 Å². The van der Waals surface area contributed by atoms with Crippen molar-refractivity contribution in [1.29, 1.82) is 0 Å². The van der Waals surface area contributed by atoms with Gasteiger partial charge in [-0.05, 0) is 31.8 Å². The second-order valence-electron chi connectivity index (χ2n) is 3.90. The number of aliphatic hydroxyl groups is 1. The van der Waals surface area contributed by atoms with Crippen molar-refractivity contribution in [1.82, 2.24) is 14.9 Å². The highest BCUT2D eigenvalue weighted by molar-refractivity contribution is 7.08. The van der Waals surface area contributed by atoms with E-state index in [2.05, 4.69) is 14.9 Å². The topological polar surface area (TPSA) is 75.1 Å². The van der Waals surface area contributed by atoms with Crippen LogP contribution in [0.2, 0.25) is 0 Å². The molecule has 15 heavy (non-hydrogen) atoms. The molecule has 0 bridgehead atoms. The lowest BCUT2D eigenvalue weighted by Gasteiger charge is -2.22. The molecule has 5 nitrogen and oxygen atoms in total. The minimum absolute atomic E-state index is 0.105. The molecule has 0 aliphatic carbocycles. The van der Waals surface area contributed by atoms with Crippen LogP contribution in [0.25, 0.3) is 0 Å². The molecule has 1 rings (SSSR count). The molecule has 1 aromatic rings. The first-order chi connectivity index (χ1) is 7.00. The van der Waals surface area contributed by atoms with Gasteiger partial charge in [0.15, 0.2) is 0 Å². The molecule has 0 unspecified atom stereocenters. The Morgan fingerprint density at radius 2 is 2.27 bits per heavy atom. The van der Waals surface area contributed by atoms with Gasteiger partial charge in [0, 0.05) is 0 Å². The van der Waals surface area contributed by atoms with Crippen LogP contribution in [0.5, 0.6) is 0 Å². The Morgan fingerprint density at radius 3 is 2.80 bits per heavy atom. The molecular weight excluding hydrogens is 214 g/mol. The molecule has 6 heteroatoms. The first kappa shape index (κ1) is 12.1. The van der Waals surface area contributed by atoms with Gasteiger partial charge in [-0.1, -0.05) is 11.4 Å². The number of hydrogen-bond donors (Lipinski definition) is 2. The number of aliphatic hydroxyl groups excluding tert-OH is 1. The van der Waals surface area contributed by atoms with Gasteiger partial charge < -0.3 is 10.4 Å². The maximum atomic E-state index is 11.8. The molecule has 0 atom stereocenters. The Labute approximate surface area is 92.7 Å². The fourth-order valence-corrected chi connectivity index (χ4v) is 1.66. The van der Waals surface area contributed by atoms with E-state index in [-0.39, 0.29) is 12.5 Å². The van der Waals surface area contributed by atoms with Gasteiger partial charge in [0.1, 0.15) is 4.88 Å². The zero-order valence-corrected chi connectivity index (χ0v) is 9.89. The van der Waals surface area contributed by atoms with Gasteiger partial charge in [0.05, 0.1) is 17.8 Å². The van der Waals surface area contributed by atoms with Crippen LogP contribution >= 0.6 is 11.5 Å². The summed E-state index contributed by atoms with van der Waals surface area (Å²) in [4.78, 5) is 12.3. The van der Waals surface area contributed by atoms with Crippen LogP contribution < -0.4 is 5.32 Å². The second kappa shape index (κ2) is 4.67. The third-order valence-corrected chi connectivity index (χ3v) is 2.71. The zero-order valence-electron chi connectivity index (χ0n) is 9.07. The Bertz CT molecular complexity index is 349. The number of nitrogens with zero attached hydrogens (tertiary/aromatic N) is 2. The molecule has 0 aliphatic heterocycles. The molecule has 0 saturated heterocycles. The standard InChI is InChI=1S/C9H15N3O2S/c1-4-6-7(15-12-11-6)8(14)10-9(2,3)5-13/h13H,4-5H2,1-3H3,(H,10,14). The van der Waals surface area contributed by atoms with E-state index in [1.807, 2.05) is 6.92 Å². The molecule has 1 aromatic heterocycles. The summed E-state index contributed by atoms with van der Waals surface area (Å²) in [6.07, 6.45) is 0.679. The number of rotatable bonds is 4. The van der Waals surface area contributed by atoms with E-state index >= 15 is 0 Å². The predicted octanol–water partition coefficient (Wildman–Crippen LogP) is 0.601. The first-order valence-electron chi connectivity index (χ1n) is 4.74. The summed E-state index contributed by atoms with van der Waals surface area (Å²) in [6.45, 7) is 5.33. The summed E-state index contributed by atoms with van der Waals surface area (Å²) >= 11 is 1.08. The number of amides is 1. The normalized spacial score (nSPS) is 11.5. The number of hydrogen-bond acceptors (Lipinski definition) is 5. The Hall–Kier alpha value is -1.01. The minimum atomic E-state index is -0.619. The lowest BCUT2D eigenvalue weighted by atomic mass is 10.1. The molecule has 1 amide bonds. The largest absolute Gasteiger partial charge is 0.394 e. The quantitative estimate of drug-likeness (QED) is 0.793. The summed E-state index contributed by atoms with van der Waals surface area (Å²) in [7, 11) is 0. The fourth-order valence-electron chi connectivity index (χ4n) is 1.02. The zero-order chi connectivity index (χ0) is 11.5. The van der Waals surface area contributed by atoms with Crippen LogP contribution in [0, 0.1) is 0 Å². The summed E-state index contributed by atoms with van der Waals surface area (Å²) in [5, 5.41) is 15.6. The van der Waals surface area contributed by atoms with Crippen LogP contribution in [-0.4, -0.2) is 32.7 Å². The van der Waals surface area contributed by atoms with E-state index in [1.54, 1.807) is 13.8 Å². The average molecular weight is 229 g/mol. The van der Waals surface area contributed by atoms with Crippen molar-refractivity contribution in [3.05, 3.63) is 10.6 Å². The van der Waals surface area contributed by atoms with E-state index in [0.717, 1.165) is 11.5 Å².